The van der Waals surface area contributed by atoms with E-state index in [4.69, 9.17) is 46.7 Å². The molecule has 2 aromatic rings. The second-order valence-corrected chi connectivity index (χ2v) is 25.0. The zero-order chi connectivity index (χ0) is 31.5. The molecule has 0 aliphatic carbocycles. The number of nitrogens with zero attached hydrogens (tertiary/aromatic N) is 2. The van der Waals surface area contributed by atoms with E-state index in [1.54, 1.807) is 19.9 Å². The molecule has 40 heavy (non-hydrogen) atoms. The quantitative estimate of drug-likeness (QED) is 0.0839. The van der Waals surface area contributed by atoms with E-state index in [9.17, 15) is 24.0 Å². The molecule has 2 aromatic heterocycles. The molecule has 224 valence electrons. The number of ketones is 2. The first-order valence-electron chi connectivity index (χ1n) is 11.7. The number of carbonyl (C=O) groups is 5. The molecule has 0 radical (unpaired) electrons. The van der Waals surface area contributed by atoms with Crippen molar-refractivity contribution in [3.05, 3.63) is 44.3 Å². The first-order valence-corrected chi connectivity index (χ1v) is 22.0. The number of esters is 2. The summed E-state index contributed by atoms with van der Waals surface area (Å²) in [7, 11) is 20.1. The molecular weight excluding hydrogens is 682 g/mol. The number of thiazole rings is 2. The topological polar surface area (TPSA) is 130 Å². The first-order chi connectivity index (χ1) is 18.5. The SMILES string of the molecule is CC(C)C=O.CCOC(=O)c1csc(C(=O)/C=C/C(C)C)n1.CCOC(=O)c1csc(C(C)=O)n1.[Cl][Ti]([Cl])([Cl])[Cl]. The summed E-state index contributed by atoms with van der Waals surface area (Å²) < 4.78 is 9.51. The third-order valence-corrected chi connectivity index (χ3v) is 5.19. The molecule has 0 amide bonds. The fourth-order valence-corrected chi connectivity index (χ4v) is 3.17. The second-order valence-electron chi connectivity index (χ2n) is 7.85. The summed E-state index contributed by atoms with van der Waals surface area (Å²) in [6, 6.07) is 0. The predicted octanol–water partition coefficient (Wildman–Crippen LogP) is 7.83. The van der Waals surface area contributed by atoms with Crippen molar-refractivity contribution in [3.63, 3.8) is 0 Å². The average molecular weight is 714 g/mol. The molecule has 0 fully saturated rings. The van der Waals surface area contributed by atoms with Crippen LogP contribution in [0.25, 0.3) is 0 Å². The van der Waals surface area contributed by atoms with Crippen LogP contribution in [0.1, 0.15) is 89.0 Å². The van der Waals surface area contributed by atoms with Gasteiger partial charge in [-0.3, -0.25) is 9.59 Å². The molecule has 0 unspecified atom stereocenters. The average Bonchev–Trinajstić information content (AvgIpc) is 3.53. The van der Waals surface area contributed by atoms with Crippen molar-refractivity contribution in [1.82, 2.24) is 9.97 Å². The zero-order valence-electron chi connectivity index (χ0n) is 23.0. The van der Waals surface area contributed by atoms with Gasteiger partial charge in [-0.05, 0) is 25.8 Å². The molecule has 16 heteroatoms. The van der Waals surface area contributed by atoms with Gasteiger partial charge in [0, 0.05) is 23.6 Å². The summed E-state index contributed by atoms with van der Waals surface area (Å²) in [6.07, 6.45) is 4.20. The van der Waals surface area contributed by atoms with Gasteiger partial charge in [-0.2, -0.15) is 0 Å². The van der Waals surface area contributed by atoms with Crippen molar-refractivity contribution < 1.29 is 45.8 Å². The number of rotatable bonds is 9. The zero-order valence-corrected chi connectivity index (χ0v) is 29.3. The molecule has 0 atom stereocenters. The molecule has 0 aliphatic rings. The van der Waals surface area contributed by atoms with Gasteiger partial charge in [0.2, 0.25) is 5.78 Å². The molecular formula is C24H32Cl4N2O7S2Ti. The van der Waals surface area contributed by atoms with E-state index in [2.05, 4.69) is 9.97 Å². The van der Waals surface area contributed by atoms with Crippen LogP contribution in [0.2, 0.25) is 0 Å². The Morgan fingerprint density at radius 3 is 1.52 bits per heavy atom. The van der Waals surface area contributed by atoms with Gasteiger partial charge in [-0.15, -0.1) is 22.7 Å². The molecule has 9 nitrogen and oxygen atoms in total. The van der Waals surface area contributed by atoms with E-state index in [1.165, 1.54) is 23.8 Å². The summed E-state index contributed by atoms with van der Waals surface area (Å²) in [6.45, 7) is 13.1. The van der Waals surface area contributed by atoms with E-state index in [-0.39, 0.29) is 28.9 Å². The standard InChI is InChI=1S/C12H15NO3S.C8H9NO3S.C4H8O.4ClH.Ti/c1-4-16-12(15)9-7-17-11(13-9)10(14)6-5-8(2)3;1-3-12-8(11)6-4-13-7(9-6)5(2)10;1-4(2)3-5;;;;;/h5-8H,4H2,1-3H3;4H,3H2,1-2H3;3-4H,1-2H3;4*1H;/q;;;;;;;+4/p-4/b6-5+;;;;;;;. The fourth-order valence-electron chi connectivity index (χ4n) is 1.77. The van der Waals surface area contributed by atoms with E-state index in [0.29, 0.717) is 29.1 Å². The van der Waals surface area contributed by atoms with Crippen LogP contribution in [-0.2, 0) is 26.6 Å². The Hall–Kier alpha value is -1.18. The Labute approximate surface area is 261 Å². The van der Waals surface area contributed by atoms with Crippen LogP contribution in [0.3, 0.4) is 0 Å². The molecule has 0 spiro atoms. The van der Waals surface area contributed by atoms with Gasteiger partial charge in [0.25, 0.3) is 0 Å². The van der Waals surface area contributed by atoms with Gasteiger partial charge in [0.1, 0.15) is 6.29 Å². The number of allylic oxidation sites excluding steroid dienone is 2. The van der Waals surface area contributed by atoms with Crippen LogP contribution < -0.4 is 0 Å². The van der Waals surface area contributed by atoms with E-state index in [0.717, 1.165) is 29.0 Å². The van der Waals surface area contributed by atoms with Gasteiger partial charge in [0.05, 0.1) is 13.2 Å². The first kappa shape index (κ1) is 41.0. The molecule has 0 saturated carbocycles. The Balaban J connectivity index is 0. The van der Waals surface area contributed by atoms with E-state index in [1.807, 2.05) is 27.7 Å². The predicted molar refractivity (Wildman–Crippen MR) is 159 cm³/mol. The van der Waals surface area contributed by atoms with Crippen molar-refractivity contribution in [2.45, 2.75) is 48.5 Å². The van der Waals surface area contributed by atoms with Crippen molar-refractivity contribution in [2.24, 2.45) is 11.8 Å². The maximum atomic E-state index is 11.7. The van der Waals surface area contributed by atoms with Crippen LogP contribution in [0, 0.1) is 11.8 Å². The number of aldehydes is 1. The summed E-state index contributed by atoms with van der Waals surface area (Å²) in [5, 5.41) is 3.71. The normalized spacial score (nSPS) is 10.4. The van der Waals surface area contributed by atoms with Gasteiger partial charge in [0.15, 0.2) is 27.2 Å². The van der Waals surface area contributed by atoms with Crippen molar-refractivity contribution in [2.75, 3.05) is 13.2 Å². The molecule has 0 N–H and O–H groups in total. The van der Waals surface area contributed by atoms with Crippen LogP contribution in [0.4, 0.5) is 0 Å². The second kappa shape index (κ2) is 22.4. The third kappa shape index (κ3) is 22.5. The van der Waals surface area contributed by atoms with E-state index < -0.39 is 24.3 Å². The van der Waals surface area contributed by atoms with Crippen molar-refractivity contribution in [1.29, 1.82) is 0 Å². The fraction of sp³-hybridized carbons (Fsp3) is 0.458. The van der Waals surface area contributed by atoms with Crippen molar-refractivity contribution in [3.8, 4) is 0 Å². The van der Waals surface area contributed by atoms with Crippen LogP contribution in [0.5, 0.6) is 0 Å². The number of hydrogen-bond donors (Lipinski definition) is 0. The summed E-state index contributed by atoms with van der Waals surface area (Å²) in [5.74, 6) is -0.778. The number of ether oxygens (including phenoxy) is 2. The van der Waals surface area contributed by atoms with Gasteiger partial charge >= 0.3 is 61.5 Å². The van der Waals surface area contributed by atoms with Crippen LogP contribution >= 0.6 is 59.9 Å². The number of halogens is 4. The van der Waals surface area contributed by atoms with Crippen LogP contribution in [0.15, 0.2) is 22.9 Å². The Bertz CT molecular complexity index is 1110. The molecule has 0 aromatic carbocycles. The molecule has 0 aliphatic heterocycles. The van der Waals surface area contributed by atoms with Gasteiger partial charge < -0.3 is 14.3 Å². The number of aromatic nitrogens is 2. The number of carbonyl (C=O) groups excluding carboxylic acids is 5. The molecule has 2 heterocycles. The number of hydrogen-bond acceptors (Lipinski definition) is 11. The Kier molecular flexibility index (Phi) is 23.0. The third-order valence-electron chi connectivity index (χ3n) is 3.39. The molecule has 2 rings (SSSR count). The summed E-state index contributed by atoms with van der Waals surface area (Å²) in [5.41, 5.74) is 0.398. The van der Waals surface area contributed by atoms with Gasteiger partial charge in [-0.25, -0.2) is 19.6 Å². The van der Waals surface area contributed by atoms with E-state index >= 15 is 0 Å². The van der Waals surface area contributed by atoms with Gasteiger partial charge in [-0.1, -0.05) is 33.8 Å². The van der Waals surface area contributed by atoms with Crippen molar-refractivity contribution >= 4 is 89.7 Å². The minimum atomic E-state index is -3.11. The summed E-state index contributed by atoms with van der Waals surface area (Å²) in [4.78, 5) is 62.2. The minimum absolute atomic E-state index is 0.138. The Morgan fingerprint density at radius 2 is 1.23 bits per heavy atom. The maximum absolute atomic E-state index is 11.7. The number of Topliss-reactive ketones (excluding diaryl/α,β-unsaturated/α-hetero) is 1. The monoisotopic (exact) mass is 712 g/mol. The summed E-state index contributed by atoms with van der Waals surface area (Å²) >= 11 is -0.810. The van der Waals surface area contributed by atoms with Crippen LogP contribution in [-0.4, -0.2) is 53.0 Å². The molecule has 0 bridgehead atoms. The molecule has 0 saturated heterocycles. The Morgan fingerprint density at radius 1 is 0.850 bits per heavy atom.